The second kappa shape index (κ2) is 10.00. The zero-order valence-corrected chi connectivity index (χ0v) is 16.5. The number of ether oxygens (including phenoxy) is 1. The van der Waals surface area contributed by atoms with Gasteiger partial charge >= 0.3 is 5.97 Å². The van der Waals surface area contributed by atoms with Crippen LogP contribution in [0.15, 0.2) is 4.99 Å². The lowest BCUT2D eigenvalue weighted by atomic mass is 9.96. The van der Waals surface area contributed by atoms with E-state index in [-0.39, 0.29) is 11.9 Å². The van der Waals surface area contributed by atoms with Crippen LogP contribution in [0.4, 0.5) is 0 Å². The summed E-state index contributed by atoms with van der Waals surface area (Å²) in [5.74, 6) is 1.67. The quantitative estimate of drug-likeness (QED) is 0.466. The molecule has 1 N–H and O–H groups in total. The van der Waals surface area contributed by atoms with Crippen LogP contribution in [0.3, 0.4) is 0 Å². The van der Waals surface area contributed by atoms with E-state index in [1.807, 2.05) is 14.0 Å². The van der Waals surface area contributed by atoms with Crippen LogP contribution >= 0.6 is 0 Å². The van der Waals surface area contributed by atoms with Crippen molar-refractivity contribution >= 4 is 11.9 Å². The van der Waals surface area contributed by atoms with Crippen molar-refractivity contribution in [1.82, 2.24) is 15.1 Å². The van der Waals surface area contributed by atoms with E-state index >= 15 is 0 Å². The standard InChI is InChI=1S/C19H36N4O2/c1-5-25-18(24)17-8-11-22(12-9-17)19(20-4)21-13-16-7-6-10-23(14-16)15(2)3/h15-17H,5-14H2,1-4H3,(H,20,21). The Morgan fingerprint density at radius 1 is 1.24 bits per heavy atom. The minimum Gasteiger partial charge on any atom is -0.466 e. The normalized spacial score (nSPS) is 23.8. The Morgan fingerprint density at radius 3 is 2.56 bits per heavy atom. The lowest BCUT2D eigenvalue weighted by Crippen LogP contribution is -2.49. The van der Waals surface area contributed by atoms with Gasteiger partial charge in [-0.15, -0.1) is 0 Å². The molecule has 0 radical (unpaired) electrons. The predicted octanol–water partition coefficient (Wildman–Crippen LogP) is 1.96. The van der Waals surface area contributed by atoms with Crippen molar-refractivity contribution in [3.63, 3.8) is 0 Å². The molecule has 6 nitrogen and oxygen atoms in total. The molecule has 0 aromatic carbocycles. The molecule has 2 fully saturated rings. The molecule has 144 valence electrons. The Bertz CT molecular complexity index is 445. The topological polar surface area (TPSA) is 57.2 Å². The molecule has 0 bridgehead atoms. The number of nitrogens with zero attached hydrogens (tertiary/aromatic N) is 3. The summed E-state index contributed by atoms with van der Waals surface area (Å²) in [5, 5.41) is 3.57. The monoisotopic (exact) mass is 352 g/mol. The first-order valence-corrected chi connectivity index (χ1v) is 9.91. The number of guanidine groups is 1. The molecule has 1 atom stereocenters. The second-order valence-corrected chi connectivity index (χ2v) is 7.54. The van der Waals surface area contributed by atoms with Crippen LogP contribution in [0.5, 0.6) is 0 Å². The first-order valence-electron chi connectivity index (χ1n) is 9.91. The summed E-state index contributed by atoms with van der Waals surface area (Å²) in [7, 11) is 1.85. The Labute approximate surface area is 153 Å². The van der Waals surface area contributed by atoms with Crippen molar-refractivity contribution in [3.8, 4) is 0 Å². The fourth-order valence-corrected chi connectivity index (χ4v) is 3.89. The van der Waals surface area contributed by atoms with Gasteiger partial charge in [-0.3, -0.25) is 9.79 Å². The van der Waals surface area contributed by atoms with Gasteiger partial charge in [0.2, 0.25) is 0 Å². The van der Waals surface area contributed by atoms with Gasteiger partial charge in [0, 0.05) is 39.3 Å². The molecule has 0 aromatic heterocycles. The Morgan fingerprint density at radius 2 is 1.96 bits per heavy atom. The van der Waals surface area contributed by atoms with Crippen LogP contribution in [0.2, 0.25) is 0 Å². The van der Waals surface area contributed by atoms with E-state index in [1.54, 1.807) is 0 Å². The molecule has 2 rings (SSSR count). The third-order valence-electron chi connectivity index (χ3n) is 5.46. The van der Waals surface area contributed by atoms with Crippen LogP contribution in [0, 0.1) is 11.8 Å². The summed E-state index contributed by atoms with van der Waals surface area (Å²) in [6.07, 6.45) is 4.28. The van der Waals surface area contributed by atoms with Gasteiger partial charge < -0.3 is 19.9 Å². The molecule has 1 unspecified atom stereocenters. The highest BCUT2D eigenvalue weighted by atomic mass is 16.5. The number of esters is 1. The van der Waals surface area contributed by atoms with Crippen LogP contribution in [-0.4, -0.2) is 74.1 Å². The predicted molar refractivity (Wildman–Crippen MR) is 102 cm³/mol. The summed E-state index contributed by atoms with van der Waals surface area (Å²) in [6.45, 7) is 12.0. The number of hydrogen-bond acceptors (Lipinski definition) is 4. The smallest absolute Gasteiger partial charge is 0.309 e. The van der Waals surface area contributed by atoms with Crippen molar-refractivity contribution in [2.24, 2.45) is 16.8 Å². The van der Waals surface area contributed by atoms with E-state index in [0.717, 1.165) is 38.4 Å². The number of likely N-dealkylation sites (tertiary alicyclic amines) is 2. The summed E-state index contributed by atoms with van der Waals surface area (Å²) in [4.78, 5) is 21.2. The van der Waals surface area contributed by atoms with E-state index < -0.39 is 0 Å². The molecule has 25 heavy (non-hydrogen) atoms. The maximum atomic E-state index is 11.9. The Hall–Kier alpha value is -1.30. The van der Waals surface area contributed by atoms with E-state index in [0.29, 0.717) is 18.6 Å². The van der Waals surface area contributed by atoms with Gasteiger partial charge in [0.05, 0.1) is 12.5 Å². The van der Waals surface area contributed by atoms with Crippen molar-refractivity contribution in [2.75, 3.05) is 46.4 Å². The Balaban J connectivity index is 1.77. The molecule has 2 aliphatic rings. The van der Waals surface area contributed by atoms with Gasteiger partial charge in [-0.25, -0.2) is 0 Å². The van der Waals surface area contributed by atoms with E-state index in [4.69, 9.17) is 4.74 Å². The maximum absolute atomic E-state index is 11.9. The average molecular weight is 353 g/mol. The first-order chi connectivity index (χ1) is 12.0. The molecule has 0 aliphatic carbocycles. The molecule has 0 amide bonds. The van der Waals surface area contributed by atoms with E-state index in [1.165, 1.54) is 25.9 Å². The lowest BCUT2D eigenvalue weighted by Gasteiger charge is -2.37. The van der Waals surface area contributed by atoms with Crippen molar-refractivity contribution in [1.29, 1.82) is 0 Å². The summed E-state index contributed by atoms with van der Waals surface area (Å²) >= 11 is 0. The third kappa shape index (κ3) is 5.87. The molecular formula is C19H36N4O2. The number of carbonyl (C=O) groups is 1. The summed E-state index contributed by atoms with van der Waals surface area (Å²) in [6, 6.07) is 0.629. The van der Waals surface area contributed by atoms with Gasteiger partial charge in [-0.2, -0.15) is 0 Å². The number of hydrogen-bond donors (Lipinski definition) is 1. The van der Waals surface area contributed by atoms with Gasteiger partial charge in [-0.05, 0) is 58.9 Å². The number of aliphatic imine (C=N–C) groups is 1. The fraction of sp³-hybridized carbons (Fsp3) is 0.895. The van der Waals surface area contributed by atoms with E-state index in [2.05, 4.69) is 34.0 Å². The number of carbonyl (C=O) groups excluding carboxylic acids is 1. The molecule has 0 saturated carbocycles. The van der Waals surface area contributed by atoms with Crippen LogP contribution in [0.25, 0.3) is 0 Å². The average Bonchev–Trinajstić information content (AvgIpc) is 2.63. The SMILES string of the molecule is CCOC(=O)C1CCN(C(=NC)NCC2CCCN(C(C)C)C2)CC1. The van der Waals surface area contributed by atoms with Crippen molar-refractivity contribution in [3.05, 3.63) is 0 Å². The molecule has 2 saturated heterocycles. The summed E-state index contributed by atoms with van der Waals surface area (Å²) in [5.41, 5.74) is 0. The zero-order valence-electron chi connectivity index (χ0n) is 16.5. The van der Waals surface area contributed by atoms with Crippen molar-refractivity contribution < 1.29 is 9.53 Å². The second-order valence-electron chi connectivity index (χ2n) is 7.54. The molecular weight excluding hydrogens is 316 g/mol. The number of piperidine rings is 2. The zero-order chi connectivity index (χ0) is 18.2. The number of nitrogens with one attached hydrogen (secondary N) is 1. The highest BCUT2D eigenvalue weighted by Gasteiger charge is 2.28. The van der Waals surface area contributed by atoms with Gasteiger partial charge in [0.15, 0.2) is 5.96 Å². The molecule has 2 aliphatic heterocycles. The van der Waals surface area contributed by atoms with Gasteiger partial charge in [0.25, 0.3) is 0 Å². The maximum Gasteiger partial charge on any atom is 0.309 e. The summed E-state index contributed by atoms with van der Waals surface area (Å²) < 4.78 is 5.15. The largest absolute Gasteiger partial charge is 0.466 e. The minimum absolute atomic E-state index is 0.0407. The molecule has 2 heterocycles. The molecule has 6 heteroatoms. The molecule has 0 spiro atoms. The highest BCUT2D eigenvalue weighted by Crippen LogP contribution is 2.20. The van der Waals surface area contributed by atoms with E-state index in [9.17, 15) is 4.79 Å². The van der Waals surface area contributed by atoms with Gasteiger partial charge in [-0.1, -0.05) is 0 Å². The van der Waals surface area contributed by atoms with Crippen LogP contribution in [-0.2, 0) is 9.53 Å². The third-order valence-corrected chi connectivity index (χ3v) is 5.46. The molecule has 0 aromatic rings. The first kappa shape index (κ1) is 20.0. The van der Waals surface area contributed by atoms with Crippen LogP contribution in [0.1, 0.15) is 46.5 Å². The number of rotatable bonds is 5. The van der Waals surface area contributed by atoms with Crippen LogP contribution < -0.4 is 5.32 Å². The minimum atomic E-state index is -0.0407. The lowest BCUT2D eigenvalue weighted by molar-refractivity contribution is -0.149. The highest BCUT2D eigenvalue weighted by molar-refractivity contribution is 5.80. The Kier molecular flexibility index (Phi) is 8.00. The van der Waals surface area contributed by atoms with Crippen molar-refractivity contribution in [2.45, 2.75) is 52.5 Å². The fourth-order valence-electron chi connectivity index (χ4n) is 3.89. The van der Waals surface area contributed by atoms with Gasteiger partial charge in [0.1, 0.15) is 0 Å².